The maximum atomic E-state index is 13.7. The Hall–Kier alpha value is -4.33. The molecule has 8 heteroatoms. The first-order valence-electron chi connectivity index (χ1n) is 26.3. The molecule has 0 saturated heterocycles. The lowest BCUT2D eigenvalue weighted by molar-refractivity contribution is 0.0734. The number of rotatable bonds is 41. The third kappa shape index (κ3) is 26.4. The minimum absolute atomic E-state index is 0.372. The van der Waals surface area contributed by atoms with Crippen molar-refractivity contribution in [3.63, 3.8) is 0 Å². The smallest absolute Gasteiger partial charge is 0.343 e. The lowest BCUT2D eigenvalue weighted by atomic mass is 10.1. The first-order chi connectivity index (χ1) is 32.0. The molecular weight excluding hydrogens is 809 g/mol. The zero-order valence-electron chi connectivity index (χ0n) is 41.2. The van der Waals surface area contributed by atoms with Gasteiger partial charge >= 0.3 is 5.97 Å². The monoisotopic (exact) mass is 897 g/mol. The molecule has 0 atom stereocenters. The molecule has 8 nitrogen and oxygen atoms in total. The molecule has 0 bridgehead atoms. The van der Waals surface area contributed by atoms with Crippen LogP contribution in [0.5, 0.6) is 23.0 Å². The third-order valence-electron chi connectivity index (χ3n) is 12.0. The Morgan fingerprint density at radius 3 is 1.26 bits per heavy atom. The first-order valence-corrected chi connectivity index (χ1v) is 26.3. The molecule has 0 radical (unpaired) electrons. The number of benzene rings is 3. The second-order valence-corrected chi connectivity index (χ2v) is 17.9. The van der Waals surface area contributed by atoms with Crippen molar-refractivity contribution in [3.05, 3.63) is 83.4 Å². The summed E-state index contributed by atoms with van der Waals surface area (Å²) in [6, 6.07) is 19.4. The van der Waals surface area contributed by atoms with Crippen LogP contribution in [0.1, 0.15) is 240 Å². The van der Waals surface area contributed by atoms with E-state index < -0.39 is 5.97 Å². The summed E-state index contributed by atoms with van der Waals surface area (Å²) in [7, 11) is 0. The highest BCUT2D eigenvalue weighted by molar-refractivity contribution is 5.96. The predicted molar refractivity (Wildman–Crippen MR) is 271 cm³/mol. The zero-order valence-corrected chi connectivity index (χ0v) is 41.2. The van der Waals surface area contributed by atoms with Gasteiger partial charge in [-0.25, -0.2) is 10.2 Å². The van der Waals surface area contributed by atoms with E-state index in [9.17, 15) is 9.59 Å². The van der Waals surface area contributed by atoms with E-state index in [1.807, 2.05) is 6.07 Å². The summed E-state index contributed by atoms with van der Waals surface area (Å²) in [5.74, 6) is 1.31. The molecule has 0 heterocycles. The molecular formula is C57H88N2O6. The largest absolute Gasteiger partial charge is 0.490 e. The topological polar surface area (TPSA) is 95.5 Å². The van der Waals surface area contributed by atoms with Crippen LogP contribution in [0.4, 0.5) is 0 Å². The highest BCUT2D eigenvalue weighted by Gasteiger charge is 2.19. The lowest BCUT2D eigenvalue weighted by Crippen LogP contribution is -2.18. The molecule has 1 amide bonds. The van der Waals surface area contributed by atoms with Crippen molar-refractivity contribution in [3.8, 4) is 23.0 Å². The predicted octanol–water partition coefficient (Wildman–Crippen LogP) is 16.6. The molecule has 3 aromatic carbocycles. The zero-order chi connectivity index (χ0) is 46.3. The number of hydrogen-bond acceptors (Lipinski definition) is 7. The van der Waals surface area contributed by atoms with Gasteiger partial charge < -0.3 is 18.9 Å². The van der Waals surface area contributed by atoms with Gasteiger partial charge in [0.15, 0.2) is 11.5 Å². The minimum atomic E-state index is -0.423. The van der Waals surface area contributed by atoms with Gasteiger partial charge in [-0.1, -0.05) is 212 Å². The molecule has 3 rings (SSSR count). The second-order valence-electron chi connectivity index (χ2n) is 17.9. The van der Waals surface area contributed by atoms with Crippen molar-refractivity contribution in [2.45, 2.75) is 213 Å². The fourth-order valence-corrected chi connectivity index (χ4v) is 7.96. The second kappa shape index (κ2) is 37.8. The summed E-state index contributed by atoms with van der Waals surface area (Å²) in [6.07, 6.45) is 39.1. The minimum Gasteiger partial charge on any atom is -0.490 e. The number of hydrazone groups is 1. The maximum absolute atomic E-state index is 13.7. The summed E-state index contributed by atoms with van der Waals surface area (Å²) >= 11 is 0. The molecule has 65 heavy (non-hydrogen) atoms. The lowest BCUT2D eigenvalue weighted by Gasteiger charge is -2.19. The van der Waals surface area contributed by atoms with Gasteiger partial charge in [-0.15, -0.1) is 0 Å². The molecule has 362 valence electrons. The average Bonchev–Trinajstić information content (AvgIpc) is 3.32. The molecule has 0 saturated carbocycles. The van der Waals surface area contributed by atoms with Gasteiger partial charge in [0.2, 0.25) is 5.75 Å². The van der Waals surface area contributed by atoms with E-state index in [2.05, 4.69) is 31.3 Å². The molecule has 0 aliphatic heterocycles. The Morgan fingerprint density at radius 2 is 0.846 bits per heavy atom. The standard InChI is InChI=1S/C57H88N2O6/c1-4-7-10-13-16-19-22-25-28-34-43-62-53-46-51(56(60)59-58-48-49-39-41-52(42-40-49)65-57(61)50-37-32-31-33-38-50)47-54(63-44-35-29-26-23-20-17-14-11-8-5-2)55(53)64-45-36-30-27-24-21-18-15-12-9-6-3/h31-33,37-42,46-48H,4-30,34-36,43-45H2,1-3H3,(H,59,60)/b58-48+. The van der Waals surface area contributed by atoms with Gasteiger partial charge in [-0.2, -0.15) is 5.10 Å². The quantitative estimate of drug-likeness (QED) is 0.0200. The number of nitrogens with zero attached hydrogens (tertiary/aromatic N) is 1. The van der Waals surface area contributed by atoms with Crippen molar-refractivity contribution < 1.29 is 28.5 Å². The Kier molecular flexibility index (Phi) is 32.0. The van der Waals surface area contributed by atoms with E-state index in [0.29, 0.717) is 53.9 Å². The maximum Gasteiger partial charge on any atom is 0.343 e. The Balaban J connectivity index is 1.66. The van der Waals surface area contributed by atoms with Gasteiger partial charge in [0, 0.05) is 5.56 Å². The van der Waals surface area contributed by atoms with E-state index in [0.717, 1.165) is 44.1 Å². The summed E-state index contributed by atoms with van der Waals surface area (Å²) in [6.45, 7) is 8.46. The normalized spacial score (nSPS) is 11.2. The molecule has 0 fully saturated rings. The van der Waals surface area contributed by atoms with Crippen molar-refractivity contribution in [1.82, 2.24) is 5.43 Å². The molecule has 0 unspecified atom stereocenters. The van der Waals surface area contributed by atoms with E-state index in [-0.39, 0.29) is 5.91 Å². The van der Waals surface area contributed by atoms with Crippen LogP contribution in [0.2, 0.25) is 0 Å². The van der Waals surface area contributed by atoms with Crippen LogP contribution < -0.4 is 24.4 Å². The summed E-state index contributed by atoms with van der Waals surface area (Å²) in [5, 5.41) is 4.27. The Morgan fingerprint density at radius 1 is 0.462 bits per heavy atom. The number of carbonyl (C=O) groups is 2. The van der Waals surface area contributed by atoms with E-state index >= 15 is 0 Å². The van der Waals surface area contributed by atoms with Gasteiger partial charge in [0.05, 0.1) is 31.6 Å². The number of hydrogen-bond donors (Lipinski definition) is 1. The summed E-state index contributed by atoms with van der Waals surface area (Å²) in [5.41, 5.74) is 4.31. The van der Waals surface area contributed by atoms with Gasteiger partial charge in [0.1, 0.15) is 5.75 Å². The van der Waals surface area contributed by atoms with Gasteiger partial charge in [-0.3, -0.25) is 4.79 Å². The molecule has 0 aliphatic rings. The van der Waals surface area contributed by atoms with Crippen LogP contribution in [-0.2, 0) is 0 Å². The fourth-order valence-electron chi connectivity index (χ4n) is 7.96. The van der Waals surface area contributed by atoms with E-state index in [4.69, 9.17) is 18.9 Å². The van der Waals surface area contributed by atoms with Crippen LogP contribution >= 0.6 is 0 Å². The summed E-state index contributed by atoms with van der Waals surface area (Å²) in [4.78, 5) is 26.2. The third-order valence-corrected chi connectivity index (χ3v) is 12.0. The van der Waals surface area contributed by atoms with Crippen LogP contribution in [0, 0.1) is 0 Å². The molecule has 0 aromatic heterocycles. The molecule has 0 aliphatic carbocycles. The highest BCUT2D eigenvalue weighted by atomic mass is 16.5. The van der Waals surface area contributed by atoms with Crippen molar-refractivity contribution in [1.29, 1.82) is 0 Å². The van der Waals surface area contributed by atoms with E-state index in [1.165, 1.54) is 154 Å². The van der Waals surface area contributed by atoms with Crippen LogP contribution in [-0.4, -0.2) is 37.9 Å². The summed E-state index contributed by atoms with van der Waals surface area (Å²) < 4.78 is 25.0. The number of unbranched alkanes of at least 4 members (excludes halogenated alkanes) is 27. The molecule has 3 aromatic rings. The number of esters is 1. The van der Waals surface area contributed by atoms with Crippen LogP contribution in [0.15, 0.2) is 71.8 Å². The number of amides is 1. The average molecular weight is 897 g/mol. The van der Waals surface area contributed by atoms with Gasteiger partial charge in [-0.05, 0) is 73.4 Å². The van der Waals surface area contributed by atoms with Crippen molar-refractivity contribution in [2.75, 3.05) is 19.8 Å². The van der Waals surface area contributed by atoms with Gasteiger partial charge in [0.25, 0.3) is 5.91 Å². The number of nitrogens with one attached hydrogen (secondary N) is 1. The Bertz CT molecular complexity index is 1610. The van der Waals surface area contributed by atoms with Crippen LogP contribution in [0.3, 0.4) is 0 Å². The van der Waals surface area contributed by atoms with Crippen molar-refractivity contribution in [2.24, 2.45) is 5.10 Å². The highest BCUT2D eigenvalue weighted by Crippen LogP contribution is 2.40. The first kappa shape index (κ1) is 55.0. The number of carbonyl (C=O) groups excluding carboxylic acids is 2. The van der Waals surface area contributed by atoms with E-state index in [1.54, 1.807) is 66.9 Å². The Labute approximate surface area is 395 Å². The molecule has 0 spiro atoms. The number of ether oxygens (including phenoxy) is 4. The SMILES string of the molecule is CCCCCCCCCCCCOc1cc(C(=O)N/N=C/c2ccc(OC(=O)c3ccccc3)cc2)cc(OCCCCCCCCCCCC)c1OCCCCCCCCCCCC. The van der Waals surface area contributed by atoms with Crippen LogP contribution in [0.25, 0.3) is 0 Å². The molecule has 1 N–H and O–H groups in total. The van der Waals surface area contributed by atoms with Crippen molar-refractivity contribution >= 4 is 18.1 Å². The fraction of sp³-hybridized carbons (Fsp3) is 0.632.